The number of carboxylic acids is 1. The second-order valence-electron chi connectivity index (χ2n) is 4.63. The van der Waals surface area contributed by atoms with Crippen LogP contribution in [0.1, 0.15) is 33.0 Å². The van der Waals surface area contributed by atoms with Gasteiger partial charge in [-0.15, -0.1) is 0 Å². The van der Waals surface area contributed by atoms with Gasteiger partial charge in [0.15, 0.2) is 0 Å². The van der Waals surface area contributed by atoms with Gasteiger partial charge in [-0.05, 0) is 41.8 Å². The van der Waals surface area contributed by atoms with Gasteiger partial charge in [-0.3, -0.25) is 0 Å². The molecule has 0 heterocycles. The average molecular weight is 276 g/mol. The van der Waals surface area contributed by atoms with Gasteiger partial charge in [-0.25, -0.2) is 4.79 Å². The molecule has 4 nitrogen and oxygen atoms in total. The zero-order valence-electron chi connectivity index (χ0n) is 11.2. The lowest BCUT2D eigenvalue weighted by Crippen LogP contribution is -2.02. The van der Waals surface area contributed by atoms with E-state index in [4.69, 9.17) is 10.4 Å². The van der Waals surface area contributed by atoms with Crippen molar-refractivity contribution in [2.45, 2.75) is 12.3 Å². The molecule has 1 N–H and O–H groups in total. The van der Waals surface area contributed by atoms with Crippen molar-refractivity contribution >= 4 is 5.97 Å². The molecule has 2 aromatic rings. The monoisotopic (exact) mass is 276 g/mol. The molecular weight excluding hydrogens is 264 g/mol. The predicted octanol–water partition coefficient (Wildman–Crippen LogP) is 3.11. The Morgan fingerprint density at radius 1 is 1.14 bits per heavy atom. The van der Waals surface area contributed by atoms with Gasteiger partial charge in [0.2, 0.25) is 0 Å². The number of benzene rings is 2. The third kappa shape index (κ3) is 3.46. The highest BCUT2D eigenvalue weighted by Crippen LogP contribution is 2.21. The van der Waals surface area contributed by atoms with E-state index in [2.05, 4.69) is 12.1 Å². The first-order valence-corrected chi connectivity index (χ1v) is 6.36. The van der Waals surface area contributed by atoms with E-state index < -0.39 is 5.97 Å². The van der Waals surface area contributed by atoms with Crippen molar-refractivity contribution in [3.8, 4) is 12.1 Å². The minimum atomic E-state index is -0.972. The van der Waals surface area contributed by atoms with Crippen LogP contribution in [-0.4, -0.2) is 11.1 Å². The Balaban J connectivity index is 2.21. The van der Waals surface area contributed by atoms with Crippen molar-refractivity contribution in [3.05, 3.63) is 70.8 Å². The highest BCUT2D eigenvalue weighted by molar-refractivity contribution is 5.87. The van der Waals surface area contributed by atoms with Crippen LogP contribution in [0.2, 0.25) is 0 Å². The zero-order valence-corrected chi connectivity index (χ0v) is 11.2. The van der Waals surface area contributed by atoms with E-state index >= 15 is 0 Å². The number of hydrogen-bond donors (Lipinski definition) is 1. The Morgan fingerprint density at radius 2 is 1.86 bits per heavy atom. The minimum Gasteiger partial charge on any atom is -0.478 e. The van der Waals surface area contributed by atoms with Crippen LogP contribution in [0.3, 0.4) is 0 Å². The smallest absolute Gasteiger partial charge is 0.335 e. The molecule has 0 spiro atoms. The highest BCUT2D eigenvalue weighted by Gasteiger charge is 2.12. The summed E-state index contributed by atoms with van der Waals surface area (Å²) in [6.07, 6.45) is 0.477. The number of carboxylic acid groups (broad SMARTS) is 1. The highest BCUT2D eigenvalue weighted by atomic mass is 16.4. The SMILES string of the molecule is N#Cc1cccc(C(C#N)Cc2ccc(C(=O)O)cc2)c1. The lowest BCUT2D eigenvalue weighted by Gasteiger charge is -2.10. The fourth-order valence-electron chi connectivity index (χ4n) is 2.08. The Morgan fingerprint density at radius 3 is 2.43 bits per heavy atom. The van der Waals surface area contributed by atoms with Crippen molar-refractivity contribution in [2.75, 3.05) is 0 Å². The molecule has 0 fully saturated rings. The van der Waals surface area contributed by atoms with Gasteiger partial charge in [0, 0.05) is 0 Å². The Hall–Kier alpha value is -3.11. The summed E-state index contributed by atoms with van der Waals surface area (Å²) in [5.41, 5.74) is 2.42. The van der Waals surface area contributed by atoms with E-state index in [9.17, 15) is 10.1 Å². The number of aromatic carboxylic acids is 1. The molecular formula is C17H12N2O2. The zero-order chi connectivity index (χ0) is 15.2. The summed E-state index contributed by atoms with van der Waals surface area (Å²) in [6, 6.07) is 17.7. The van der Waals surface area contributed by atoms with E-state index in [1.54, 1.807) is 30.3 Å². The second-order valence-corrected chi connectivity index (χ2v) is 4.63. The predicted molar refractivity (Wildman–Crippen MR) is 76.6 cm³/mol. The van der Waals surface area contributed by atoms with Crippen molar-refractivity contribution in [1.29, 1.82) is 10.5 Å². The van der Waals surface area contributed by atoms with Crippen LogP contribution in [0.15, 0.2) is 48.5 Å². The maximum Gasteiger partial charge on any atom is 0.335 e. The number of nitrogens with zero attached hydrogens (tertiary/aromatic N) is 2. The third-order valence-corrected chi connectivity index (χ3v) is 3.21. The molecule has 1 unspecified atom stereocenters. The standard InChI is InChI=1S/C17H12N2O2/c18-10-13-2-1-3-15(9-13)16(11-19)8-12-4-6-14(7-5-12)17(20)21/h1-7,9,16H,8H2,(H,20,21). The van der Waals surface area contributed by atoms with E-state index in [-0.39, 0.29) is 11.5 Å². The van der Waals surface area contributed by atoms with E-state index in [0.717, 1.165) is 11.1 Å². The summed E-state index contributed by atoms with van der Waals surface area (Å²) < 4.78 is 0. The molecule has 0 aliphatic heterocycles. The summed E-state index contributed by atoms with van der Waals surface area (Å²) >= 11 is 0. The summed E-state index contributed by atoms with van der Waals surface area (Å²) in [6.45, 7) is 0. The molecule has 0 aliphatic rings. The topological polar surface area (TPSA) is 84.9 Å². The van der Waals surface area contributed by atoms with E-state index in [1.807, 2.05) is 6.07 Å². The molecule has 0 aromatic heterocycles. The summed E-state index contributed by atoms with van der Waals surface area (Å²) in [4.78, 5) is 10.8. The molecule has 0 saturated carbocycles. The summed E-state index contributed by atoms with van der Waals surface area (Å²) in [5, 5.41) is 27.1. The maximum atomic E-state index is 10.8. The fraction of sp³-hybridized carbons (Fsp3) is 0.118. The van der Waals surface area contributed by atoms with Gasteiger partial charge in [0.25, 0.3) is 0 Å². The van der Waals surface area contributed by atoms with Gasteiger partial charge >= 0.3 is 5.97 Å². The Kier molecular flexibility index (Phi) is 4.33. The third-order valence-electron chi connectivity index (χ3n) is 3.21. The van der Waals surface area contributed by atoms with Crippen LogP contribution in [-0.2, 0) is 6.42 Å². The van der Waals surface area contributed by atoms with Crippen LogP contribution in [0.25, 0.3) is 0 Å². The van der Waals surface area contributed by atoms with E-state index in [0.29, 0.717) is 12.0 Å². The normalized spacial score (nSPS) is 11.1. The van der Waals surface area contributed by atoms with Crippen molar-refractivity contribution < 1.29 is 9.90 Å². The lowest BCUT2D eigenvalue weighted by atomic mass is 9.92. The van der Waals surface area contributed by atoms with E-state index in [1.165, 1.54) is 12.1 Å². The Bertz CT molecular complexity index is 737. The van der Waals surface area contributed by atoms with Crippen molar-refractivity contribution in [1.82, 2.24) is 0 Å². The second kappa shape index (κ2) is 6.36. The molecule has 2 rings (SSSR count). The molecule has 4 heteroatoms. The van der Waals surface area contributed by atoms with Gasteiger partial charge in [0.1, 0.15) is 0 Å². The first-order chi connectivity index (χ1) is 10.1. The number of carbonyl (C=O) groups is 1. The van der Waals surface area contributed by atoms with Gasteiger partial charge in [-0.2, -0.15) is 10.5 Å². The van der Waals surface area contributed by atoms with Crippen molar-refractivity contribution in [2.24, 2.45) is 0 Å². The van der Waals surface area contributed by atoms with Crippen molar-refractivity contribution in [3.63, 3.8) is 0 Å². The minimum absolute atomic E-state index is 0.221. The first-order valence-electron chi connectivity index (χ1n) is 6.36. The largest absolute Gasteiger partial charge is 0.478 e. The first kappa shape index (κ1) is 14.3. The number of rotatable bonds is 4. The molecule has 2 aromatic carbocycles. The average Bonchev–Trinajstić information content (AvgIpc) is 2.53. The summed E-state index contributed by atoms with van der Waals surface area (Å²) in [5.74, 6) is -1.34. The summed E-state index contributed by atoms with van der Waals surface area (Å²) in [7, 11) is 0. The van der Waals surface area contributed by atoms with Crippen LogP contribution in [0.4, 0.5) is 0 Å². The molecule has 1 atom stereocenters. The number of nitriles is 2. The van der Waals surface area contributed by atoms with Crippen LogP contribution in [0.5, 0.6) is 0 Å². The van der Waals surface area contributed by atoms with Crippen LogP contribution in [0, 0.1) is 22.7 Å². The molecule has 102 valence electrons. The Labute approximate surface area is 122 Å². The lowest BCUT2D eigenvalue weighted by molar-refractivity contribution is 0.0697. The van der Waals surface area contributed by atoms with Crippen LogP contribution < -0.4 is 0 Å². The quantitative estimate of drug-likeness (QED) is 0.929. The van der Waals surface area contributed by atoms with Gasteiger partial charge < -0.3 is 5.11 Å². The molecule has 0 aliphatic carbocycles. The molecule has 0 amide bonds. The molecule has 0 saturated heterocycles. The fourth-order valence-corrected chi connectivity index (χ4v) is 2.08. The molecule has 21 heavy (non-hydrogen) atoms. The number of hydrogen-bond acceptors (Lipinski definition) is 3. The van der Waals surface area contributed by atoms with Crippen LogP contribution >= 0.6 is 0 Å². The van der Waals surface area contributed by atoms with Gasteiger partial charge in [0.05, 0.1) is 29.2 Å². The van der Waals surface area contributed by atoms with Gasteiger partial charge in [-0.1, -0.05) is 24.3 Å². The maximum absolute atomic E-state index is 10.8. The molecule has 0 bridgehead atoms. The molecule has 0 radical (unpaired) electrons.